The largest absolute Gasteiger partial charge is 0.496 e. The first kappa shape index (κ1) is 18.8. The summed E-state index contributed by atoms with van der Waals surface area (Å²) in [5.41, 5.74) is 8.96. The molecule has 1 heterocycles. The molecule has 0 atom stereocenters. The van der Waals surface area contributed by atoms with E-state index in [4.69, 9.17) is 10.5 Å². The topological polar surface area (TPSA) is 68.5 Å². The first-order valence-electron chi connectivity index (χ1n) is 8.51. The maximum Gasteiger partial charge on any atom is 0.258 e. The molecule has 0 spiro atoms. The number of amides is 1. The van der Waals surface area contributed by atoms with Crippen LogP contribution in [0.15, 0.2) is 30.3 Å². The van der Waals surface area contributed by atoms with Crippen molar-refractivity contribution in [2.24, 2.45) is 0 Å². The molecule has 0 aliphatic rings. The Morgan fingerprint density at radius 2 is 1.72 bits per heavy atom. The molecular formula is C20H27N3O2. The highest BCUT2D eigenvalue weighted by Crippen LogP contribution is 2.35. The molecule has 1 aromatic heterocycles. The van der Waals surface area contributed by atoms with Gasteiger partial charge in [-0.25, -0.2) is 4.98 Å². The van der Waals surface area contributed by atoms with E-state index in [0.29, 0.717) is 17.1 Å². The lowest BCUT2D eigenvalue weighted by Crippen LogP contribution is -2.42. The van der Waals surface area contributed by atoms with Gasteiger partial charge in [0.05, 0.1) is 12.7 Å². The van der Waals surface area contributed by atoms with Gasteiger partial charge in [0.25, 0.3) is 5.91 Å². The summed E-state index contributed by atoms with van der Waals surface area (Å²) in [6.45, 7) is 9.92. The number of nitrogens with two attached hydrogens (primary N) is 1. The average Bonchev–Trinajstić information content (AvgIpc) is 2.53. The lowest BCUT2D eigenvalue weighted by atomic mass is 9.97. The van der Waals surface area contributed by atoms with E-state index in [9.17, 15) is 4.79 Å². The van der Waals surface area contributed by atoms with Gasteiger partial charge in [-0.05, 0) is 52.8 Å². The normalized spacial score (nSPS) is 11.0. The number of nitrogen functional groups attached to an aromatic ring is 1. The fraction of sp³-hybridized carbons (Fsp3) is 0.400. The van der Waals surface area contributed by atoms with Crippen LogP contribution in [0.5, 0.6) is 5.75 Å². The molecule has 1 amide bonds. The third-order valence-electron chi connectivity index (χ3n) is 4.16. The summed E-state index contributed by atoms with van der Waals surface area (Å²) in [4.78, 5) is 19.5. The van der Waals surface area contributed by atoms with Crippen LogP contribution in [0.4, 0.5) is 5.82 Å². The number of hydrogen-bond acceptors (Lipinski definition) is 4. The Kier molecular flexibility index (Phi) is 5.67. The van der Waals surface area contributed by atoms with Crippen LogP contribution in [0.25, 0.3) is 11.1 Å². The smallest absolute Gasteiger partial charge is 0.258 e. The molecular weight excluding hydrogens is 314 g/mol. The third-order valence-corrected chi connectivity index (χ3v) is 4.16. The van der Waals surface area contributed by atoms with Crippen LogP contribution >= 0.6 is 0 Å². The number of aromatic nitrogens is 1. The summed E-state index contributed by atoms with van der Waals surface area (Å²) < 4.78 is 5.49. The molecule has 0 saturated heterocycles. The summed E-state index contributed by atoms with van der Waals surface area (Å²) in [6.07, 6.45) is 0. The van der Waals surface area contributed by atoms with E-state index in [1.165, 1.54) is 0 Å². The molecule has 0 bridgehead atoms. The van der Waals surface area contributed by atoms with Crippen LogP contribution in [0.3, 0.4) is 0 Å². The van der Waals surface area contributed by atoms with Crippen molar-refractivity contribution in [1.29, 1.82) is 0 Å². The van der Waals surface area contributed by atoms with E-state index in [1.54, 1.807) is 13.2 Å². The highest BCUT2D eigenvalue weighted by molar-refractivity contribution is 6.04. The molecule has 25 heavy (non-hydrogen) atoms. The number of carbonyl (C=O) groups excluding carboxylic acids is 1. The van der Waals surface area contributed by atoms with Crippen molar-refractivity contribution in [2.75, 3.05) is 12.8 Å². The van der Waals surface area contributed by atoms with Crippen molar-refractivity contribution >= 4 is 11.7 Å². The molecule has 0 aliphatic carbocycles. The molecule has 0 unspecified atom stereocenters. The maximum atomic E-state index is 13.4. The molecule has 0 radical (unpaired) electrons. The van der Waals surface area contributed by atoms with Gasteiger partial charge < -0.3 is 15.4 Å². The molecule has 0 fully saturated rings. The zero-order chi connectivity index (χ0) is 18.7. The van der Waals surface area contributed by atoms with Gasteiger partial charge >= 0.3 is 0 Å². The number of benzene rings is 1. The fourth-order valence-electron chi connectivity index (χ4n) is 3.15. The number of rotatable bonds is 5. The summed E-state index contributed by atoms with van der Waals surface area (Å²) in [5, 5.41) is 0. The van der Waals surface area contributed by atoms with Crippen molar-refractivity contribution in [3.05, 3.63) is 41.6 Å². The Morgan fingerprint density at radius 3 is 2.24 bits per heavy atom. The van der Waals surface area contributed by atoms with Gasteiger partial charge in [0.1, 0.15) is 11.6 Å². The van der Waals surface area contributed by atoms with E-state index < -0.39 is 0 Å². The highest BCUT2D eigenvalue weighted by atomic mass is 16.5. The van der Waals surface area contributed by atoms with Gasteiger partial charge in [-0.15, -0.1) is 0 Å². The van der Waals surface area contributed by atoms with E-state index in [-0.39, 0.29) is 18.0 Å². The van der Waals surface area contributed by atoms with Crippen LogP contribution in [0.2, 0.25) is 0 Å². The maximum absolute atomic E-state index is 13.4. The van der Waals surface area contributed by atoms with Crippen LogP contribution in [-0.2, 0) is 0 Å². The SMILES string of the molecule is COc1cccc(-c2ccc(C)nc2N)c1C(=O)N(C(C)C)C(C)C. The quantitative estimate of drug-likeness (QED) is 0.895. The molecule has 5 nitrogen and oxygen atoms in total. The van der Waals surface area contributed by atoms with E-state index in [1.807, 2.05) is 63.8 Å². The van der Waals surface area contributed by atoms with Crippen LogP contribution in [-0.4, -0.2) is 35.0 Å². The minimum Gasteiger partial charge on any atom is -0.496 e. The summed E-state index contributed by atoms with van der Waals surface area (Å²) in [5.74, 6) is 0.870. The highest BCUT2D eigenvalue weighted by Gasteiger charge is 2.27. The summed E-state index contributed by atoms with van der Waals surface area (Å²) >= 11 is 0. The predicted molar refractivity (Wildman–Crippen MR) is 102 cm³/mol. The minimum absolute atomic E-state index is 0.0683. The molecule has 0 aliphatic heterocycles. The van der Waals surface area contributed by atoms with Crippen LogP contribution < -0.4 is 10.5 Å². The van der Waals surface area contributed by atoms with E-state index in [2.05, 4.69) is 4.98 Å². The third kappa shape index (κ3) is 3.76. The second-order valence-corrected chi connectivity index (χ2v) is 6.67. The lowest BCUT2D eigenvalue weighted by Gasteiger charge is -2.32. The number of aryl methyl sites for hydroxylation is 1. The first-order valence-corrected chi connectivity index (χ1v) is 8.51. The second kappa shape index (κ2) is 7.55. The first-order chi connectivity index (χ1) is 11.8. The number of carbonyl (C=O) groups is 1. The van der Waals surface area contributed by atoms with Crippen molar-refractivity contribution < 1.29 is 9.53 Å². The fourth-order valence-corrected chi connectivity index (χ4v) is 3.15. The second-order valence-electron chi connectivity index (χ2n) is 6.67. The number of hydrogen-bond donors (Lipinski definition) is 1. The van der Waals surface area contributed by atoms with Crippen LogP contribution in [0.1, 0.15) is 43.7 Å². The summed E-state index contributed by atoms with van der Waals surface area (Å²) in [6, 6.07) is 9.47. The molecule has 2 aromatic rings. The van der Waals surface area contributed by atoms with Crippen molar-refractivity contribution in [3.8, 4) is 16.9 Å². The van der Waals surface area contributed by atoms with Gasteiger partial charge in [-0.1, -0.05) is 12.1 Å². The van der Waals surface area contributed by atoms with E-state index >= 15 is 0 Å². The number of pyridine rings is 1. The average molecular weight is 341 g/mol. The zero-order valence-electron chi connectivity index (χ0n) is 15.8. The Hall–Kier alpha value is -2.56. The number of anilines is 1. The zero-order valence-corrected chi connectivity index (χ0v) is 15.8. The molecule has 2 rings (SSSR count). The van der Waals surface area contributed by atoms with Crippen molar-refractivity contribution in [2.45, 2.75) is 46.7 Å². The minimum atomic E-state index is -0.0718. The molecule has 1 aromatic carbocycles. The molecule has 0 saturated carbocycles. The number of nitrogens with zero attached hydrogens (tertiary/aromatic N) is 2. The Labute approximate surface area is 149 Å². The summed E-state index contributed by atoms with van der Waals surface area (Å²) in [7, 11) is 1.57. The van der Waals surface area contributed by atoms with Gasteiger partial charge in [0.15, 0.2) is 0 Å². The standard InChI is InChI=1S/C20H27N3O2/c1-12(2)23(13(3)4)20(24)18-15(8-7-9-17(18)25-6)16-11-10-14(5)22-19(16)21/h7-13H,1-6H3,(H2,21,22). The molecule has 134 valence electrons. The Morgan fingerprint density at radius 1 is 1.08 bits per heavy atom. The number of methoxy groups -OCH3 is 1. The Bertz CT molecular complexity index is 762. The predicted octanol–water partition coefficient (Wildman–Crippen LogP) is 3.91. The molecule has 5 heteroatoms. The van der Waals surface area contributed by atoms with Crippen molar-refractivity contribution in [1.82, 2.24) is 9.88 Å². The molecule has 2 N–H and O–H groups in total. The van der Waals surface area contributed by atoms with Crippen molar-refractivity contribution in [3.63, 3.8) is 0 Å². The number of ether oxygens (including phenoxy) is 1. The Balaban J connectivity index is 2.70. The monoisotopic (exact) mass is 341 g/mol. The lowest BCUT2D eigenvalue weighted by molar-refractivity contribution is 0.0641. The van der Waals surface area contributed by atoms with Gasteiger partial charge in [-0.2, -0.15) is 0 Å². The van der Waals surface area contributed by atoms with Crippen LogP contribution in [0, 0.1) is 6.92 Å². The van der Waals surface area contributed by atoms with Gasteiger partial charge in [0.2, 0.25) is 0 Å². The van der Waals surface area contributed by atoms with Gasteiger partial charge in [0, 0.05) is 28.9 Å². The van der Waals surface area contributed by atoms with Gasteiger partial charge in [-0.3, -0.25) is 4.79 Å². The van der Waals surface area contributed by atoms with E-state index in [0.717, 1.165) is 16.8 Å².